The van der Waals surface area contributed by atoms with Gasteiger partial charge in [-0.3, -0.25) is 9.59 Å². The minimum absolute atomic E-state index is 0.0597. The maximum atomic E-state index is 11.8. The van der Waals surface area contributed by atoms with Gasteiger partial charge in [-0.05, 0) is 55.7 Å². The highest BCUT2D eigenvalue weighted by atomic mass is 16.3. The van der Waals surface area contributed by atoms with Gasteiger partial charge in [0.05, 0.1) is 6.26 Å². The van der Waals surface area contributed by atoms with Gasteiger partial charge in [0, 0.05) is 18.7 Å². The molecule has 0 fully saturated rings. The molecule has 0 aliphatic heterocycles. The standard InChI is InChI=1S/C17H20N2O3/c1-12-7-8-14(11-13(12)2)19-16(20)6-3-9-18-17(21)15-5-4-10-22-15/h4-5,7-8,10-11H,3,6,9H2,1-2H3,(H,18,21)(H,19,20). The number of anilines is 1. The molecule has 2 aromatic rings. The van der Waals surface area contributed by atoms with E-state index in [9.17, 15) is 9.59 Å². The van der Waals surface area contributed by atoms with Crippen LogP contribution in [0.3, 0.4) is 0 Å². The van der Waals surface area contributed by atoms with Crippen LogP contribution in [0.5, 0.6) is 0 Å². The topological polar surface area (TPSA) is 71.3 Å². The van der Waals surface area contributed by atoms with Crippen molar-refractivity contribution in [2.45, 2.75) is 26.7 Å². The molecule has 1 aromatic carbocycles. The fraction of sp³-hybridized carbons (Fsp3) is 0.294. The van der Waals surface area contributed by atoms with E-state index in [1.165, 1.54) is 11.8 Å². The summed E-state index contributed by atoms with van der Waals surface area (Å²) in [5.74, 6) is -0.0466. The molecule has 22 heavy (non-hydrogen) atoms. The highest BCUT2D eigenvalue weighted by Crippen LogP contribution is 2.14. The Morgan fingerprint density at radius 2 is 1.95 bits per heavy atom. The molecule has 0 spiro atoms. The summed E-state index contributed by atoms with van der Waals surface area (Å²) in [7, 11) is 0. The molecule has 0 aliphatic rings. The largest absolute Gasteiger partial charge is 0.459 e. The molecule has 0 saturated carbocycles. The molecule has 1 heterocycles. The Kier molecular flexibility index (Phi) is 5.36. The zero-order valence-corrected chi connectivity index (χ0v) is 12.8. The summed E-state index contributed by atoms with van der Waals surface area (Å²) in [6.07, 6.45) is 2.38. The van der Waals surface area contributed by atoms with E-state index in [4.69, 9.17) is 4.42 Å². The van der Waals surface area contributed by atoms with E-state index in [0.29, 0.717) is 19.4 Å². The molecule has 2 rings (SSSR count). The van der Waals surface area contributed by atoms with Gasteiger partial charge in [-0.1, -0.05) is 6.07 Å². The Labute approximate surface area is 129 Å². The Morgan fingerprint density at radius 3 is 2.64 bits per heavy atom. The molecule has 2 amide bonds. The second-order valence-corrected chi connectivity index (χ2v) is 5.18. The first-order valence-electron chi connectivity index (χ1n) is 7.25. The summed E-state index contributed by atoms with van der Waals surface area (Å²) in [6.45, 7) is 4.47. The summed E-state index contributed by atoms with van der Waals surface area (Å²) < 4.78 is 4.98. The van der Waals surface area contributed by atoms with Gasteiger partial charge in [0.25, 0.3) is 5.91 Å². The van der Waals surface area contributed by atoms with Crippen molar-refractivity contribution < 1.29 is 14.0 Å². The molecular formula is C17H20N2O3. The second kappa shape index (κ2) is 7.45. The zero-order valence-electron chi connectivity index (χ0n) is 12.8. The molecule has 0 bridgehead atoms. The zero-order chi connectivity index (χ0) is 15.9. The average Bonchev–Trinajstić information content (AvgIpc) is 3.01. The van der Waals surface area contributed by atoms with Crippen LogP contribution in [-0.4, -0.2) is 18.4 Å². The lowest BCUT2D eigenvalue weighted by Crippen LogP contribution is -2.25. The predicted molar refractivity (Wildman–Crippen MR) is 84.8 cm³/mol. The number of rotatable bonds is 6. The molecule has 2 N–H and O–H groups in total. The van der Waals surface area contributed by atoms with E-state index in [-0.39, 0.29) is 17.6 Å². The highest BCUT2D eigenvalue weighted by molar-refractivity contribution is 5.92. The Morgan fingerprint density at radius 1 is 1.14 bits per heavy atom. The van der Waals surface area contributed by atoms with Crippen molar-refractivity contribution >= 4 is 17.5 Å². The van der Waals surface area contributed by atoms with E-state index >= 15 is 0 Å². The van der Waals surface area contributed by atoms with Crippen LogP contribution < -0.4 is 10.6 Å². The Balaban J connectivity index is 1.69. The molecule has 0 atom stereocenters. The Bertz CT molecular complexity index is 648. The van der Waals surface area contributed by atoms with Crippen LogP contribution in [0, 0.1) is 13.8 Å². The normalized spacial score (nSPS) is 10.3. The monoisotopic (exact) mass is 300 g/mol. The lowest BCUT2D eigenvalue weighted by molar-refractivity contribution is -0.116. The third-order valence-electron chi connectivity index (χ3n) is 3.40. The van der Waals surface area contributed by atoms with Gasteiger partial charge in [-0.15, -0.1) is 0 Å². The van der Waals surface area contributed by atoms with Gasteiger partial charge in [0.15, 0.2) is 5.76 Å². The quantitative estimate of drug-likeness (QED) is 0.805. The van der Waals surface area contributed by atoms with Gasteiger partial charge >= 0.3 is 0 Å². The highest BCUT2D eigenvalue weighted by Gasteiger charge is 2.08. The molecule has 116 valence electrons. The van der Waals surface area contributed by atoms with Gasteiger partial charge in [0.2, 0.25) is 5.91 Å². The SMILES string of the molecule is Cc1ccc(NC(=O)CCCNC(=O)c2ccco2)cc1C. The summed E-state index contributed by atoms with van der Waals surface area (Å²) in [4.78, 5) is 23.4. The number of aryl methyl sites for hydroxylation is 2. The van der Waals surface area contributed by atoms with Gasteiger partial charge < -0.3 is 15.1 Å². The fourth-order valence-electron chi connectivity index (χ4n) is 1.99. The van der Waals surface area contributed by atoms with E-state index < -0.39 is 0 Å². The van der Waals surface area contributed by atoms with Crippen molar-refractivity contribution in [3.8, 4) is 0 Å². The minimum atomic E-state index is -0.264. The lowest BCUT2D eigenvalue weighted by atomic mass is 10.1. The maximum absolute atomic E-state index is 11.8. The van der Waals surface area contributed by atoms with Crippen LogP contribution in [0.15, 0.2) is 41.0 Å². The number of hydrogen-bond acceptors (Lipinski definition) is 3. The first kappa shape index (κ1) is 15.8. The number of amides is 2. The smallest absolute Gasteiger partial charge is 0.286 e. The van der Waals surface area contributed by atoms with E-state index in [2.05, 4.69) is 10.6 Å². The first-order valence-corrected chi connectivity index (χ1v) is 7.25. The number of benzene rings is 1. The molecule has 0 unspecified atom stereocenters. The molecular weight excluding hydrogens is 280 g/mol. The van der Waals surface area contributed by atoms with Gasteiger partial charge in [-0.25, -0.2) is 0 Å². The summed E-state index contributed by atoms with van der Waals surface area (Å²) in [6, 6.07) is 9.08. The van der Waals surface area contributed by atoms with Crippen molar-refractivity contribution in [2.75, 3.05) is 11.9 Å². The number of hydrogen-bond donors (Lipinski definition) is 2. The molecule has 0 saturated heterocycles. The third-order valence-corrected chi connectivity index (χ3v) is 3.40. The molecule has 0 aliphatic carbocycles. The van der Waals surface area contributed by atoms with Crippen LogP contribution >= 0.6 is 0 Å². The van der Waals surface area contributed by atoms with Crippen LogP contribution in [-0.2, 0) is 4.79 Å². The van der Waals surface area contributed by atoms with Crippen molar-refractivity contribution in [1.82, 2.24) is 5.32 Å². The fourth-order valence-corrected chi connectivity index (χ4v) is 1.99. The van der Waals surface area contributed by atoms with E-state index in [0.717, 1.165) is 11.3 Å². The van der Waals surface area contributed by atoms with Crippen molar-refractivity contribution in [1.29, 1.82) is 0 Å². The van der Waals surface area contributed by atoms with Crippen molar-refractivity contribution in [3.05, 3.63) is 53.5 Å². The van der Waals surface area contributed by atoms with Crippen molar-refractivity contribution in [2.24, 2.45) is 0 Å². The average molecular weight is 300 g/mol. The van der Waals surface area contributed by atoms with Crippen LogP contribution in [0.2, 0.25) is 0 Å². The lowest BCUT2D eigenvalue weighted by Gasteiger charge is -2.08. The second-order valence-electron chi connectivity index (χ2n) is 5.18. The first-order chi connectivity index (χ1) is 10.6. The van der Waals surface area contributed by atoms with Crippen LogP contribution in [0.1, 0.15) is 34.5 Å². The Hall–Kier alpha value is -2.56. The molecule has 0 radical (unpaired) electrons. The molecule has 5 nitrogen and oxygen atoms in total. The number of carbonyl (C=O) groups is 2. The number of furan rings is 1. The van der Waals surface area contributed by atoms with E-state index in [1.54, 1.807) is 12.1 Å². The van der Waals surface area contributed by atoms with Crippen molar-refractivity contribution in [3.63, 3.8) is 0 Å². The summed E-state index contributed by atoms with van der Waals surface area (Å²) in [5.41, 5.74) is 3.13. The number of carbonyl (C=O) groups excluding carboxylic acids is 2. The van der Waals surface area contributed by atoms with Crippen LogP contribution in [0.4, 0.5) is 5.69 Å². The maximum Gasteiger partial charge on any atom is 0.286 e. The van der Waals surface area contributed by atoms with Crippen LogP contribution in [0.25, 0.3) is 0 Å². The number of nitrogens with one attached hydrogen (secondary N) is 2. The minimum Gasteiger partial charge on any atom is -0.459 e. The molecule has 1 aromatic heterocycles. The molecule has 5 heteroatoms. The third kappa shape index (κ3) is 4.48. The predicted octanol–water partition coefficient (Wildman–Crippen LogP) is 3.05. The van der Waals surface area contributed by atoms with E-state index in [1.807, 2.05) is 32.0 Å². The van der Waals surface area contributed by atoms with Gasteiger partial charge in [-0.2, -0.15) is 0 Å². The summed E-state index contributed by atoms with van der Waals surface area (Å²) in [5, 5.41) is 5.56. The van der Waals surface area contributed by atoms with Gasteiger partial charge in [0.1, 0.15) is 0 Å². The summed E-state index contributed by atoms with van der Waals surface area (Å²) >= 11 is 0.